The van der Waals surface area contributed by atoms with E-state index in [2.05, 4.69) is 10.3 Å². The molecular formula is C10H14N2O2. The van der Waals surface area contributed by atoms with Crippen LogP contribution >= 0.6 is 0 Å². The Balaban J connectivity index is 2.67. The molecule has 0 saturated carbocycles. The maximum Gasteiger partial charge on any atom is 0.252 e. The summed E-state index contributed by atoms with van der Waals surface area (Å²) in [5, 5.41) is 2.69. The fraction of sp³-hybridized carbons (Fsp3) is 0.400. The van der Waals surface area contributed by atoms with Crippen molar-refractivity contribution < 1.29 is 9.53 Å². The number of hydrogen-bond acceptors (Lipinski definition) is 3. The van der Waals surface area contributed by atoms with Crippen LogP contribution in [-0.2, 0) is 0 Å². The minimum absolute atomic E-state index is 0.108. The molecular weight excluding hydrogens is 180 g/mol. The first-order chi connectivity index (χ1) is 6.77. The van der Waals surface area contributed by atoms with Crippen LogP contribution in [0.4, 0.5) is 0 Å². The molecule has 1 rings (SSSR count). The normalized spacial score (nSPS) is 9.57. The topological polar surface area (TPSA) is 51.2 Å². The van der Waals surface area contributed by atoms with Crippen molar-refractivity contribution in [2.45, 2.75) is 13.8 Å². The van der Waals surface area contributed by atoms with Crippen LogP contribution in [0.2, 0.25) is 0 Å². The lowest BCUT2D eigenvalue weighted by molar-refractivity contribution is 0.0955. The van der Waals surface area contributed by atoms with E-state index in [1.165, 1.54) is 6.20 Å². The second kappa shape index (κ2) is 5.21. The number of nitrogens with one attached hydrogen (secondary N) is 1. The summed E-state index contributed by atoms with van der Waals surface area (Å²) in [4.78, 5) is 15.3. The zero-order valence-corrected chi connectivity index (χ0v) is 8.41. The van der Waals surface area contributed by atoms with Crippen LogP contribution in [0.15, 0.2) is 18.3 Å². The number of pyridine rings is 1. The van der Waals surface area contributed by atoms with Gasteiger partial charge < -0.3 is 10.1 Å². The predicted molar refractivity (Wildman–Crippen MR) is 53.4 cm³/mol. The van der Waals surface area contributed by atoms with Gasteiger partial charge in [-0.1, -0.05) is 0 Å². The first kappa shape index (κ1) is 10.5. The third-order valence-corrected chi connectivity index (χ3v) is 1.63. The maximum absolute atomic E-state index is 11.3. The van der Waals surface area contributed by atoms with E-state index in [4.69, 9.17) is 4.74 Å². The average Bonchev–Trinajstić information content (AvgIpc) is 2.20. The Morgan fingerprint density at radius 3 is 2.79 bits per heavy atom. The van der Waals surface area contributed by atoms with Gasteiger partial charge >= 0.3 is 0 Å². The highest BCUT2D eigenvalue weighted by Gasteiger charge is 2.03. The third kappa shape index (κ3) is 2.73. The van der Waals surface area contributed by atoms with E-state index in [1.807, 2.05) is 13.8 Å². The molecule has 1 heterocycles. The molecule has 4 nitrogen and oxygen atoms in total. The summed E-state index contributed by atoms with van der Waals surface area (Å²) < 4.78 is 5.16. The van der Waals surface area contributed by atoms with Gasteiger partial charge in [0, 0.05) is 18.8 Å². The first-order valence-electron chi connectivity index (χ1n) is 4.65. The van der Waals surface area contributed by atoms with Crippen LogP contribution in [0.25, 0.3) is 0 Å². The summed E-state index contributed by atoms with van der Waals surface area (Å²) in [7, 11) is 0. The van der Waals surface area contributed by atoms with Gasteiger partial charge in [0.2, 0.25) is 5.88 Å². The number of amides is 1. The van der Waals surface area contributed by atoms with Crippen molar-refractivity contribution in [3.63, 3.8) is 0 Å². The molecule has 0 fully saturated rings. The van der Waals surface area contributed by atoms with E-state index < -0.39 is 0 Å². The molecule has 0 spiro atoms. The van der Waals surface area contributed by atoms with E-state index in [-0.39, 0.29) is 5.91 Å². The molecule has 0 radical (unpaired) electrons. The number of carbonyl (C=O) groups is 1. The summed E-state index contributed by atoms with van der Waals surface area (Å²) in [6.07, 6.45) is 1.51. The fourth-order valence-corrected chi connectivity index (χ4v) is 1.01. The highest BCUT2D eigenvalue weighted by molar-refractivity contribution is 5.93. The number of rotatable bonds is 4. The van der Waals surface area contributed by atoms with Gasteiger partial charge in [-0.2, -0.15) is 0 Å². The Kier molecular flexibility index (Phi) is 3.91. The third-order valence-electron chi connectivity index (χ3n) is 1.63. The van der Waals surface area contributed by atoms with Crippen LogP contribution in [-0.4, -0.2) is 24.0 Å². The SMILES string of the molecule is CCNC(=O)c1ccc(OCC)nc1. The Labute approximate surface area is 83.3 Å². The van der Waals surface area contributed by atoms with Crippen molar-refractivity contribution in [3.8, 4) is 5.88 Å². The molecule has 0 unspecified atom stereocenters. The highest BCUT2D eigenvalue weighted by Crippen LogP contribution is 2.06. The standard InChI is InChI=1S/C10H14N2O2/c1-3-11-10(13)8-5-6-9(12-7-8)14-4-2/h5-7H,3-4H2,1-2H3,(H,11,13). The lowest BCUT2D eigenvalue weighted by atomic mass is 10.2. The van der Waals surface area contributed by atoms with E-state index in [0.717, 1.165) is 0 Å². The summed E-state index contributed by atoms with van der Waals surface area (Å²) in [6.45, 7) is 4.96. The van der Waals surface area contributed by atoms with Crippen molar-refractivity contribution in [3.05, 3.63) is 23.9 Å². The number of carbonyl (C=O) groups excluding carboxylic acids is 1. The van der Waals surface area contributed by atoms with Crippen LogP contribution < -0.4 is 10.1 Å². The maximum atomic E-state index is 11.3. The molecule has 0 bridgehead atoms. The summed E-state index contributed by atoms with van der Waals surface area (Å²) in [5.41, 5.74) is 0.551. The second-order valence-corrected chi connectivity index (χ2v) is 2.68. The molecule has 0 aliphatic heterocycles. The number of nitrogens with zero attached hydrogens (tertiary/aromatic N) is 1. The van der Waals surface area contributed by atoms with Crippen molar-refractivity contribution in [1.82, 2.24) is 10.3 Å². The lowest BCUT2D eigenvalue weighted by Crippen LogP contribution is -2.22. The Hall–Kier alpha value is -1.58. The number of hydrogen-bond donors (Lipinski definition) is 1. The van der Waals surface area contributed by atoms with Gasteiger partial charge in [-0.25, -0.2) is 4.98 Å². The molecule has 0 saturated heterocycles. The van der Waals surface area contributed by atoms with Crippen molar-refractivity contribution >= 4 is 5.91 Å². The molecule has 1 aromatic rings. The zero-order valence-electron chi connectivity index (χ0n) is 8.41. The smallest absolute Gasteiger partial charge is 0.252 e. The molecule has 1 aromatic heterocycles. The van der Waals surface area contributed by atoms with E-state index in [1.54, 1.807) is 12.1 Å². The molecule has 76 valence electrons. The predicted octanol–water partition coefficient (Wildman–Crippen LogP) is 1.23. The second-order valence-electron chi connectivity index (χ2n) is 2.68. The van der Waals surface area contributed by atoms with Gasteiger partial charge in [-0.05, 0) is 19.9 Å². The minimum atomic E-state index is -0.108. The van der Waals surface area contributed by atoms with Crippen molar-refractivity contribution in [1.29, 1.82) is 0 Å². The molecule has 0 aromatic carbocycles. The van der Waals surface area contributed by atoms with E-state index >= 15 is 0 Å². The summed E-state index contributed by atoms with van der Waals surface area (Å²) in [5.74, 6) is 0.434. The molecule has 0 atom stereocenters. The van der Waals surface area contributed by atoms with Crippen LogP contribution in [0, 0.1) is 0 Å². The van der Waals surface area contributed by atoms with Gasteiger partial charge in [0.05, 0.1) is 12.2 Å². The van der Waals surface area contributed by atoms with E-state index in [0.29, 0.717) is 24.6 Å². The lowest BCUT2D eigenvalue weighted by Gasteiger charge is -2.03. The zero-order chi connectivity index (χ0) is 10.4. The minimum Gasteiger partial charge on any atom is -0.478 e. The average molecular weight is 194 g/mol. The molecule has 14 heavy (non-hydrogen) atoms. The summed E-state index contributed by atoms with van der Waals surface area (Å²) >= 11 is 0. The highest BCUT2D eigenvalue weighted by atomic mass is 16.5. The van der Waals surface area contributed by atoms with Gasteiger partial charge in [-0.15, -0.1) is 0 Å². The first-order valence-corrected chi connectivity index (χ1v) is 4.65. The Morgan fingerprint density at radius 1 is 1.50 bits per heavy atom. The molecule has 1 amide bonds. The van der Waals surface area contributed by atoms with Crippen LogP contribution in [0.1, 0.15) is 24.2 Å². The van der Waals surface area contributed by atoms with Gasteiger partial charge in [0.1, 0.15) is 0 Å². The van der Waals surface area contributed by atoms with Gasteiger partial charge in [-0.3, -0.25) is 4.79 Å². The molecule has 0 aliphatic rings. The van der Waals surface area contributed by atoms with Gasteiger partial charge in [0.15, 0.2) is 0 Å². The van der Waals surface area contributed by atoms with E-state index in [9.17, 15) is 4.79 Å². The fourth-order valence-electron chi connectivity index (χ4n) is 1.01. The van der Waals surface area contributed by atoms with Crippen LogP contribution in [0.5, 0.6) is 5.88 Å². The monoisotopic (exact) mass is 194 g/mol. The van der Waals surface area contributed by atoms with Crippen molar-refractivity contribution in [2.75, 3.05) is 13.2 Å². The largest absolute Gasteiger partial charge is 0.478 e. The Bertz CT molecular complexity index is 295. The molecule has 1 N–H and O–H groups in total. The number of aromatic nitrogens is 1. The van der Waals surface area contributed by atoms with Crippen LogP contribution in [0.3, 0.4) is 0 Å². The summed E-state index contributed by atoms with van der Waals surface area (Å²) in [6, 6.07) is 3.39. The van der Waals surface area contributed by atoms with Gasteiger partial charge in [0.25, 0.3) is 5.91 Å². The molecule has 0 aliphatic carbocycles. The Morgan fingerprint density at radius 2 is 2.29 bits per heavy atom. The molecule has 4 heteroatoms. The quantitative estimate of drug-likeness (QED) is 0.784. The number of ether oxygens (including phenoxy) is 1. The van der Waals surface area contributed by atoms with Crippen molar-refractivity contribution in [2.24, 2.45) is 0 Å².